The first-order valence-corrected chi connectivity index (χ1v) is 5.80. The van der Waals surface area contributed by atoms with Crippen LogP contribution in [0.2, 0.25) is 0 Å². The van der Waals surface area contributed by atoms with Crippen molar-refractivity contribution in [2.45, 2.75) is 19.8 Å². The zero-order chi connectivity index (χ0) is 12.3. The van der Waals surface area contributed by atoms with Crippen molar-refractivity contribution in [3.05, 3.63) is 65.0 Å². The fourth-order valence-electron chi connectivity index (χ4n) is 1.84. The van der Waals surface area contributed by atoms with Gasteiger partial charge in [0.1, 0.15) is 5.82 Å². The van der Waals surface area contributed by atoms with E-state index >= 15 is 0 Å². The number of nitrogens with two attached hydrogens (primary N) is 1. The summed E-state index contributed by atoms with van der Waals surface area (Å²) in [6.45, 7) is 2.12. The maximum Gasteiger partial charge on any atom is 0.123 e. The van der Waals surface area contributed by atoms with Gasteiger partial charge in [0, 0.05) is 5.69 Å². The summed E-state index contributed by atoms with van der Waals surface area (Å²) in [5.74, 6) is -0.237. The van der Waals surface area contributed by atoms with Crippen molar-refractivity contribution in [1.82, 2.24) is 0 Å². The van der Waals surface area contributed by atoms with Gasteiger partial charge in [-0.05, 0) is 47.7 Å². The molecule has 2 heteroatoms. The van der Waals surface area contributed by atoms with Crippen LogP contribution in [0.1, 0.15) is 23.6 Å². The molecular weight excluding hydrogens is 213 g/mol. The molecule has 0 unspecified atom stereocenters. The number of hydrogen-bond acceptors (Lipinski definition) is 1. The molecule has 0 atom stereocenters. The van der Waals surface area contributed by atoms with E-state index in [4.69, 9.17) is 5.73 Å². The van der Waals surface area contributed by atoms with Crippen LogP contribution in [0, 0.1) is 5.82 Å². The maximum atomic E-state index is 13.1. The Morgan fingerprint density at radius 1 is 1.00 bits per heavy atom. The molecule has 2 N–H and O–H groups in total. The van der Waals surface area contributed by atoms with Gasteiger partial charge in [-0.2, -0.15) is 0 Å². The Labute approximate surface area is 101 Å². The lowest BCUT2D eigenvalue weighted by atomic mass is 10.0. The molecule has 0 aliphatic heterocycles. The Balaban J connectivity index is 2.22. The molecule has 1 nitrogen and oxygen atoms in total. The van der Waals surface area contributed by atoms with E-state index in [1.165, 1.54) is 17.7 Å². The minimum Gasteiger partial charge on any atom is -0.398 e. The van der Waals surface area contributed by atoms with Crippen molar-refractivity contribution in [2.75, 3.05) is 5.73 Å². The quantitative estimate of drug-likeness (QED) is 0.800. The van der Waals surface area contributed by atoms with Crippen molar-refractivity contribution in [2.24, 2.45) is 0 Å². The summed E-state index contributed by atoms with van der Waals surface area (Å²) in [4.78, 5) is 0. The molecule has 0 heterocycles. The molecule has 0 saturated heterocycles. The van der Waals surface area contributed by atoms with Gasteiger partial charge < -0.3 is 5.73 Å². The van der Waals surface area contributed by atoms with Gasteiger partial charge in [0.05, 0.1) is 0 Å². The zero-order valence-corrected chi connectivity index (χ0v) is 9.91. The van der Waals surface area contributed by atoms with E-state index in [-0.39, 0.29) is 5.82 Å². The van der Waals surface area contributed by atoms with Gasteiger partial charge in [-0.15, -0.1) is 0 Å². The van der Waals surface area contributed by atoms with Gasteiger partial charge in [-0.25, -0.2) is 4.39 Å². The summed E-state index contributed by atoms with van der Waals surface area (Å²) in [5.41, 5.74) is 9.77. The number of halogens is 1. The highest BCUT2D eigenvalue weighted by molar-refractivity contribution is 5.49. The summed E-state index contributed by atoms with van der Waals surface area (Å²) in [6.07, 6.45) is 1.70. The second-order valence-electron chi connectivity index (χ2n) is 4.19. The van der Waals surface area contributed by atoms with Crippen molar-refractivity contribution >= 4 is 5.69 Å². The van der Waals surface area contributed by atoms with Crippen molar-refractivity contribution in [1.29, 1.82) is 0 Å². The van der Waals surface area contributed by atoms with Crippen LogP contribution >= 0.6 is 0 Å². The normalized spacial score (nSPS) is 10.5. The molecule has 0 spiro atoms. The van der Waals surface area contributed by atoms with Crippen LogP contribution in [0.3, 0.4) is 0 Å². The SMILES string of the molecule is CCc1ccc(Cc2cc(F)ccc2N)cc1. The summed E-state index contributed by atoms with van der Waals surface area (Å²) in [7, 11) is 0. The predicted octanol–water partition coefficient (Wildman–Crippen LogP) is 3.56. The predicted molar refractivity (Wildman–Crippen MR) is 69.4 cm³/mol. The molecule has 0 aliphatic rings. The zero-order valence-electron chi connectivity index (χ0n) is 9.91. The van der Waals surface area contributed by atoms with Gasteiger partial charge in [0.15, 0.2) is 0 Å². The lowest BCUT2D eigenvalue weighted by Crippen LogP contribution is -1.96. The third-order valence-corrected chi connectivity index (χ3v) is 2.93. The second kappa shape index (κ2) is 5.00. The third-order valence-electron chi connectivity index (χ3n) is 2.93. The minimum absolute atomic E-state index is 0.237. The van der Waals surface area contributed by atoms with Crippen molar-refractivity contribution in [3.8, 4) is 0 Å². The lowest BCUT2D eigenvalue weighted by Gasteiger charge is -2.06. The van der Waals surface area contributed by atoms with Crippen molar-refractivity contribution < 1.29 is 4.39 Å². The van der Waals surface area contributed by atoms with Gasteiger partial charge >= 0.3 is 0 Å². The molecular formula is C15H16FN. The summed E-state index contributed by atoms with van der Waals surface area (Å²) < 4.78 is 13.1. The molecule has 2 rings (SSSR count). The Morgan fingerprint density at radius 2 is 1.65 bits per heavy atom. The first-order chi connectivity index (χ1) is 8.19. The molecule has 0 aliphatic carbocycles. The molecule has 0 amide bonds. The van der Waals surface area contributed by atoms with Crippen LogP contribution in [-0.2, 0) is 12.8 Å². The monoisotopic (exact) mass is 229 g/mol. The Hall–Kier alpha value is -1.83. The second-order valence-corrected chi connectivity index (χ2v) is 4.19. The van der Waals surface area contributed by atoms with E-state index in [0.29, 0.717) is 12.1 Å². The fourth-order valence-corrected chi connectivity index (χ4v) is 1.84. The van der Waals surface area contributed by atoms with Gasteiger partial charge in [0.25, 0.3) is 0 Å². The largest absolute Gasteiger partial charge is 0.398 e. The van der Waals surface area contributed by atoms with Gasteiger partial charge in [-0.3, -0.25) is 0 Å². The minimum atomic E-state index is -0.237. The standard InChI is InChI=1S/C15H16FN/c1-2-11-3-5-12(6-4-11)9-13-10-14(16)7-8-15(13)17/h3-8,10H,2,9,17H2,1H3. The Bertz CT molecular complexity index is 503. The van der Waals surface area contributed by atoms with Gasteiger partial charge in [-0.1, -0.05) is 31.2 Å². The van der Waals surface area contributed by atoms with E-state index in [1.807, 2.05) is 0 Å². The van der Waals surface area contributed by atoms with Crippen LogP contribution in [-0.4, -0.2) is 0 Å². The van der Waals surface area contributed by atoms with E-state index in [9.17, 15) is 4.39 Å². The van der Waals surface area contributed by atoms with Crippen molar-refractivity contribution in [3.63, 3.8) is 0 Å². The third kappa shape index (κ3) is 2.84. The lowest BCUT2D eigenvalue weighted by molar-refractivity contribution is 0.626. The number of aryl methyl sites for hydroxylation is 1. The molecule has 0 bridgehead atoms. The number of nitrogen functional groups attached to an aromatic ring is 1. The number of benzene rings is 2. The highest BCUT2D eigenvalue weighted by atomic mass is 19.1. The molecule has 0 saturated carbocycles. The van der Waals surface area contributed by atoms with Crippen LogP contribution < -0.4 is 5.73 Å². The highest BCUT2D eigenvalue weighted by Gasteiger charge is 2.02. The highest BCUT2D eigenvalue weighted by Crippen LogP contribution is 2.18. The summed E-state index contributed by atoms with van der Waals surface area (Å²) >= 11 is 0. The Kier molecular flexibility index (Phi) is 3.43. The number of anilines is 1. The van der Waals surface area contributed by atoms with E-state index in [0.717, 1.165) is 17.5 Å². The molecule has 2 aromatic carbocycles. The van der Waals surface area contributed by atoms with E-state index < -0.39 is 0 Å². The van der Waals surface area contributed by atoms with Gasteiger partial charge in [0.2, 0.25) is 0 Å². The average molecular weight is 229 g/mol. The number of hydrogen-bond donors (Lipinski definition) is 1. The molecule has 88 valence electrons. The average Bonchev–Trinajstić information content (AvgIpc) is 2.35. The molecule has 2 aromatic rings. The molecule has 17 heavy (non-hydrogen) atoms. The first-order valence-electron chi connectivity index (χ1n) is 5.80. The van der Waals surface area contributed by atoms with E-state index in [1.54, 1.807) is 6.07 Å². The molecule has 0 radical (unpaired) electrons. The topological polar surface area (TPSA) is 26.0 Å². The number of rotatable bonds is 3. The van der Waals surface area contributed by atoms with Crippen LogP contribution in [0.5, 0.6) is 0 Å². The Morgan fingerprint density at radius 3 is 2.29 bits per heavy atom. The molecule has 0 aromatic heterocycles. The smallest absolute Gasteiger partial charge is 0.123 e. The van der Waals surface area contributed by atoms with E-state index in [2.05, 4.69) is 31.2 Å². The fraction of sp³-hybridized carbons (Fsp3) is 0.200. The maximum absolute atomic E-state index is 13.1. The summed E-state index contributed by atoms with van der Waals surface area (Å²) in [6, 6.07) is 12.9. The van der Waals surface area contributed by atoms with Crippen LogP contribution in [0.25, 0.3) is 0 Å². The summed E-state index contributed by atoms with van der Waals surface area (Å²) in [5, 5.41) is 0. The van der Waals surface area contributed by atoms with Crippen LogP contribution in [0.4, 0.5) is 10.1 Å². The first kappa shape index (κ1) is 11.6. The van der Waals surface area contributed by atoms with Crippen LogP contribution in [0.15, 0.2) is 42.5 Å². The molecule has 0 fully saturated rings.